The van der Waals surface area contributed by atoms with E-state index in [0.29, 0.717) is 19.6 Å². The van der Waals surface area contributed by atoms with Crippen LogP contribution in [0, 0.1) is 6.92 Å². The molecule has 4 nitrogen and oxygen atoms in total. The highest BCUT2D eigenvalue weighted by Crippen LogP contribution is 2.25. The lowest BCUT2D eigenvalue weighted by atomic mass is 10.1. The highest BCUT2D eigenvalue weighted by molar-refractivity contribution is 6.31. The quantitative estimate of drug-likeness (QED) is 0.839. The van der Waals surface area contributed by atoms with Crippen LogP contribution in [0.15, 0.2) is 42.5 Å². The van der Waals surface area contributed by atoms with Crippen molar-refractivity contribution in [2.45, 2.75) is 13.3 Å². The van der Waals surface area contributed by atoms with E-state index in [1.54, 1.807) is 0 Å². The number of nitrogens with zero attached hydrogens (tertiary/aromatic N) is 2. The fourth-order valence-electron chi connectivity index (χ4n) is 3.19. The molecule has 1 aliphatic rings. The topological polar surface area (TPSA) is 35.6 Å². The van der Waals surface area contributed by atoms with Crippen LogP contribution in [0.4, 0.5) is 10.5 Å². The first-order valence-electron chi connectivity index (χ1n) is 8.81. The van der Waals surface area contributed by atoms with Crippen LogP contribution in [0.2, 0.25) is 10.0 Å². The maximum atomic E-state index is 12.4. The van der Waals surface area contributed by atoms with E-state index < -0.39 is 0 Å². The maximum absolute atomic E-state index is 12.4. The third kappa shape index (κ3) is 4.83. The highest BCUT2D eigenvalue weighted by Gasteiger charge is 2.22. The summed E-state index contributed by atoms with van der Waals surface area (Å²) in [4.78, 5) is 16.5. The summed E-state index contributed by atoms with van der Waals surface area (Å²) in [5.74, 6) is 0. The zero-order valence-corrected chi connectivity index (χ0v) is 16.4. The number of carbonyl (C=O) groups is 1. The number of hydrogen-bond acceptors (Lipinski definition) is 2. The maximum Gasteiger partial charge on any atom is 0.317 e. The van der Waals surface area contributed by atoms with Gasteiger partial charge in [-0.25, -0.2) is 4.79 Å². The number of urea groups is 1. The van der Waals surface area contributed by atoms with Gasteiger partial charge in [0.1, 0.15) is 0 Å². The second-order valence-corrected chi connectivity index (χ2v) is 7.39. The number of hydrogen-bond donors (Lipinski definition) is 1. The largest absolute Gasteiger partial charge is 0.368 e. The standard InChI is InChI=1S/C20H23Cl2N3O/c1-15-5-6-18(22)14-19(15)24-9-11-25(12-10-24)20(26)23-8-7-16-3-2-4-17(21)13-16/h2-6,13-14H,7-12H2,1H3,(H,23,26). The molecule has 2 amide bonds. The van der Waals surface area contributed by atoms with Gasteiger partial charge in [0.25, 0.3) is 0 Å². The van der Waals surface area contributed by atoms with Crippen LogP contribution in [-0.2, 0) is 6.42 Å². The van der Waals surface area contributed by atoms with E-state index in [0.717, 1.165) is 40.8 Å². The van der Waals surface area contributed by atoms with E-state index in [4.69, 9.17) is 23.2 Å². The van der Waals surface area contributed by atoms with Gasteiger partial charge < -0.3 is 15.1 Å². The molecule has 1 N–H and O–H groups in total. The number of anilines is 1. The molecule has 2 aromatic carbocycles. The summed E-state index contributed by atoms with van der Waals surface area (Å²) in [6, 6.07) is 13.7. The Morgan fingerprint density at radius 1 is 1.04 bits per heavy atom. The van der Waals surface area contributed by atoms with Crippen molar-refractivity contribution in [2.24, 2.45) is 0 Å². The van der Waals surface area contributed by atoms with Crippen LogP contribution in [0.25, 0.3) is 0 Å². The molecular weight excluding hydrogens is 369 g/mol. The molecule has 0 atom stereocenters. The van der Waals surface area contributed by atoms with Crippen LogP contribution in [-0.4, -0.2) is 43.7 Å². The lowest BCUT2D eigenvalue weighted by molar-refractivity contribution is 0.194. The van der Waals surface area contributed by atoms with E-state index in [9.17, 15) is 4.79 Å². The fraction of sp³-hybridized carbons (Fsp3) is 0.350. The normalized spacial score (nSPS) is 14.4. The number of rotatable bonds is 4. The molecule has 0 saturated carbocycles. The summed E-state index contributed by atoms with van der Waals surface area (Å²) in [6.07, 6.45) is 0.772. The first-order chi connectivity index (χ1) is 12.5. The molecule has 1 saturated heterocycles. The van der Waals surface area contributed by atoms with Crippen molar-refractivity contribution in [2.75, 3.05) is 37.6 Å². The Hall–Kier alpha value is -1.91. The molecule has 26 heavy (non-hydrogen) atoms. The van der Waals surface area contributed by atoms with Gasteiger partial charge in [0.2, 0.25) is 0 Å². The van der Waals surface area contributed by atoms with Crippen molar-refractivity contribution in [3.63, 3.8) is 0 Å². The van der Waals surface area contributed by atoms with Gasteiger partial charge in [-0.15, -0.1) is 0 Å². The Morgan fingerprint density at radius 2 is 1.77 bits per heavy atom. The molecule has 0 bridgehead atoms. The van der Waals surface area contributed by atoms with Crippen LogP contribution in [0.3, 0.4) is 0 Å². The SMILES string of the molecule is Cc1ccc(Cl)cc1N1CCN(C(=O)NCCc2cccc(Cl)c2)CC1. The fourth-order valence-corrected chi connectivity index (χ4v) is 3.57. The third-order valence-corrected chi connectivity index (χ3v) is 5.13. The summed E-state index contributed by atoms with van der Waals surface area (Å²) in [6.45, 7) is 5.71. The molecule has 2 aromatic rings. The first kappa shape index (κ1) is 18.9. The number of nitrogens with one attached hydrogen (secondary N) is 1. The Bertz CT molecular complexity index is 773. The molecular formula is C20H23Cl2N3O. The second kappa shape index (κ2) is 8.65. The predicted octanol–water partition coefficient (Wildman–Crippen LogP) is 4.38. The average molecular weight is 392 g/mol. The first-order valence-corrected chi connectivity index (χ1v) is 9.57. The van der Waals surface area contributed by atoms with E-state index in [1.807, 2.05) is 47.4 Å². The summed E-state index contributed by atoms with van der Waals surface area (Å²) in [7, 11) is 0. The molecule has 1 aliphatic heterocycles. The van der Waals surface area contributed by atoms with Crippen molar-refractivity contribution in [3.8, 4) is 0 Å². The van der Waals surface area contributed by atoms with Crippen molar-refractivity contribution in [3.05, 3.63) is 63.6 Å². The summed E-state index contributed by atoms with van der Waals surface area (Å²) < 4.78 is 0. The van der Waals surface area contributed by atoms with Gasteiger partial charge in [0.15, 0.2) is 0 Å². The lowest BCUT2D eigenvalue weighted by Crippen LogP contribution is -2.52. The van der Waals surface area contributed by atoms with Gasteiger partial charge in [-0.3, -0.25) is 0 Å². The third-order valence-electron chi connectivity index (χ3n) is 4.66. The Kier molecular flexibility index (Phi) is 6.28. The van der Waals surface area contributed by atoms with E-state index in [1.165, 1.54) is 5.56 Å². The molecule has 3 rings (SSSR count). The van der Waals surface area contributed by atoms with E-state index in [2.05, 4.69) is 17.1 Å². The highest BCUT2D eigenvalue weighted by atomic mass is 35.5. The van der Waals surface area contributed by atoms with Gasteiger partial charge in [0, 0.05) is 48.5 Å². The van der Waals surface area contributed by atoms with Crippen molar-refractivity contribution < 1.29 is 4.79 Å². The zero-order chi connectivity index (χ0) is 18.5. The Balaban J connectivity index is 1.47. The number of amides is 2. The molecule has 138 valence electrons. The van der Waals surface area contributed by atoms with E-state index >= 15 is 0 Å². The molecule has 0 unspecified atom stereocenters. The van der Waals surface area contributed by atoms with Crippen LogP contribution >= 0.6 is 23.2 Å². The molecule has 1 heterocycles. The zero-order valence-electron chi connectivity index (χ0n) is 14.8. The minimum atomic E-state index is -0.00510. The van der Waals surface area contributed by atoms with Gasteiger partial charge >= 0.3 is 6.03 Å². The smallest absolute Gasteiger partial charge is 0.317 e. The number of benzene rings is 2. The summed E-state index contributed by atoms with van der Waals surface area (Å²) in [5.41, 5.74) is 3.48. The predicted molar refractivity (Wildman–Crippen MR) is 109 cm³/mol. The minimum Gasteiger partial charge on any atom is -0.368 e. The van der Waals surface area contributed by atoms with Gasteiger partial charge in [-0.1, -0.05) is 41.4 Å². The van der Waals surface area contributed by atoms with Gasteiger partial charge in [0.05, 0.1) is 0 Å². The van der Waals surface area contributed by atoms with Gasteiger partial charge in [-0.2, -0.15) is 0 Å². The average Bonchev–Trinajstić information content (AvgIpc) is 2.64. The molecule has 0 aromatic heterocycles. The number of aryl methyl sites for hydroxylation is 1. The second-order valence-electron chi connectivity index (χ2n) is 6.52. The lowest BCUT2D eigenvalue weighted by Gasteiger charge is -2.36. The monoisotopic (exact) mass is 391 g/mol. The molecule has 6 heteroatoms. The molecule has 1 fully saturated rings. The minimum absolute atomic E-state index is 0.00510. The summed E-state index contributed by atoms with van der Waals surface area (Å²) >= 11 is 12.1. The number of halogens is 2. The molecule has 0 aliphatic carbocycles. The Morgan fingerprint density at radius 3 is 2.50 bits per heavy atom. The summed E-state index contributed by atoms with van der Waals surface area (Å²) in [5, 5.41) is 4.47. The van der Waals surface area contributed by atoms with Crippen molar-refractivity contribution in [1.82, 2.24) is 10.2 Å². The molecule has 0 spiro atoms. The van der Waals surface area contributed by atoms with Crippen LogP contribution in [0.1, 0.15) is 11.1 Å². The Labute approximate surface area is 164 Å². The number of carbonyl (C=O) groups excluding carboxylic acids is 1. The van der Waals surface area contributed by atoms with Crippen molar-refractivity contribution >= 4 is 34.9 Å². The van der Waals surface area contributed by atoms with Crippen LogP contribution < -0.4 is 10.2 Å². The van der Waals surface area contributed by atoms with Crippen LogP contribution in [0.5, 0.6) is 0 Å². The van der Waals surface area contributed by atoms with Gasteiger partial charge in [-0.05, 0) is 48.7 Å². The van der Waals surface area contributed by atoms with E-state index in [-0.39, 0.29) is 6.03 Å². The van der Waals surface area contributed by atoms with Crippen molar-refractivity contribution in [1.29, 1.82) is 0 Å². The number of piperazine rings is 1. The molecule has 0 radical (unpaired) electrons.